The highest BCUT2D eigenvalue weighted by Gasteiger charge is 2.27. The fourth-order valence-corrected chi connectivity index (χ4v) is 3.16. The van der Waals surface area contributed by atoms with Crippen LogP contribution in [0.4, 0.5) is 0 Å². The Balaban J connectivity index is 2.90. The molecule has 1 aromatic heterocycles. The molecule has 2 aromatic rings. The largest absolute Gasteiger partial charge is 0.493 e. The Morgan fingerprint density at radius 2 is 1.78 bits per heavy atom. The number of carbonyl (C=O) groups is 1. The first-order valence-corrected chi connectivity index (χ1v) is 8.43. The van der Waals surface area contributed by atoms with Gasteiger partial charge in [-0.15, -0.1) is 0 Å². The third kappa shape index (κ3) is 3.64. The third-order valence-electron chi connectivity index (χ3n) is 4.26. The standard InChI is InChI=1S/C20H26N2O5/c1-11(2)15-16(13(9-10-21)22-17(15)20(23)27-6)12-7-8-14(24-3)19(26-5)18(12)25-4/h7-8,22H,1,9-10,21H2,2-6H3. The molecule has 7 heteroatoms. The monoisotopic (exact) mass is 374 g/mol. The zero-order chi connectivity index (χ0) is 20.1. The minimum atomic E-state index is -0.475. The van der Waals surface area contributed by atoms with E-state index in [0.717, 1.165) is 16.8 Å². The molecule has 0 aliphatic heterocycles. The molecule has 0 aliphatic carbocycles. The number of rotatable bonds is 8. The maximum Gasteiger partial charge on any atom is 0.355 e. The van der Waals surface area contributed by atoms with Crippen LogP contribution in [0.15, 0.2) is 18.7 Å². The van der Waals surface area contributed by atoms with E-state index in [2.05, 4.69) is 11.6 Å². The average Bonchev–Trinajstić information content (AvgIpc) is 3.05. The lowest BCUT2D eigenvalue weighted by molar-refractivity contribution is 0.0594. The summed E-state index contributed by atoms with van der Waals surface area (Å²) in [6, 6.07) is 3.65. The lowest BCUT2D eigenvalue weighted by Gasteiger charge is -2.17. The molecule has 0 unspecified atom stereocenters. The van der Waals surface area contributed by atoms with Crippen molar-refractivity contribution in [3.8, 4) is 28.4 Å². The van der Waals surface area contributed by atoms with Crippen LogP contribution < -0.4 is 19.9 Å². The van der Waals surface area contributed by atoms with Crippen LogP contribution in [0.1, 0.15) is 28.7 Å². The van der Waals surface area contributed by atoms with E-state index in [-0.39, 0.29) is 0 Å². The first-order chi connectivity index (χ1) is 12.9. The van der Waals surface area contributed by atoms with Crippen LogP contribution in [0.3, 0.4) is 0 Å². The van der Waals surface area contributed by atoms with E-state index in [1.54, 1.807) is 27.4 Å². The second kappa shape index (κ2) is 8.64. The summed E-state index contributed by atoms with van der Waals surface area (Å²) in [4.78, 5) is 15.5. The molecule has 0 atom stereocenters. The Labute approximate surface area is 159 Å². The van der Waals surface area contributed by atoms with Crippen molar-refractivity contribution in [2.24, 2.45) is 5.73 Å². The highest BCUT2D eigenvalue weighted by atomic mass is 16.5. The van der Waals surface area contributed by atoms with Crippen molar-refractivity contribution in [1.82, 2.24) is 4.98 Å². The molecule has 1 heterocycles. The number of nitrogens with two attached hydrogens (primary N) is 1. The second-order valence-electron chi connectivity index (χ2n) is 5.92. The topological polar surface area (TPSA) is 95.8 Å². The van der Waals surface area contributed by atoms with Gasteiger partial charge in [0.2, 0.25) is 5.75 Å². The fourth-order valence-electron chi connectivity index (χ4n) is 3.16. The Kier molecular flexibility index (Phi) is 6.52. The molecule has 0 amide bonds. The number of esters is 1. The highest BCUT2D eigenvalue weighted by molar-refractivity contribution is 6.00. The van der Waals surface area contributed by atoms with Crippen LogP contribution in [-0.2, 0) is 11.2 Å². The summed E-state index contributed by atoms with van der Waals surface area (Å²) in [5.41, 5.74) is 9.81. The first kappa shape index (κ1) is 20.4. The second-order valence-corrected chi connectivity index (χ2v) is 5.92. The van der Waals surface area contributed by atoms with E-state index in [4.69, 9.17) is 24.7 Å². The van der Waals surface area contributed by atoms with Crippen LogP contribution in [0.2, 0.25) is 0 Å². The van der Waals surface area contributed by atoms with Crippen molar-refractivity contribution in [3.63, 3.8) is 0 Å². The quantitative estimate of drug-likeness (QED) is 0.690. The van der Waals surface area contributed by atoms with Crippen LogP contribution in [0.25, 0.3) is 16.7 Å². The summed E-state index contributed by atoms with van der Waals surface area (Å²) in [5.74, 6) is 1.02. The molecule has 3 N–H and O–H groups in total. The van der Waals surface area contributed by atoms with Crippen LogP contribution in [-0.4, -0.2) is 45.9 Å². The molecule has 2 rings (SSSR count). The number of benzene rings is 1. The lowest BCUT2D eigenvalue weighted by atomic mass is 9.94. The molecule has 0 spiro atoms. The summed E-state index contributed by atoms with van der Waals surface area (Å²) in [7, 11) is 5.99. The van der Waals surface area contributed by atoms with Gasteiger partial charge in [0.05, 0.1) is 28.4 Å². The van der Waals surface area contributed by atoms with Crippen LogP contribution in [0.5, 0.6) is 17.2 Å². The molecule has 7 nitrogen and oxygen atoms in total. The summed E-state index contributed by atoms with van der Waals surface area (Å²) < 4.78 is 21.4. The van der Waals surface area contributed by atoms with E-state index in [9.17, 15) is 4.79 Å². The number of aromatic nitrogens is 1. The molecule has 0 radical (unpaired) electrons. The first-order valence-electron chi connectivity index (χ1n) is 8.43. The Morgan fingerprint density at radius 3 is 2.26 bits per heavy atom. The number of hydrogen-bond donors (Lipinski definition) is 2. The minimum Gasteiger partial charge on any atom is -0.493 e. The number of methoxy groups -OCH3 is 4. The number of ether oxygens (including phenoxy) is 4. The van der Waals surface area contributed by atoms with Crippen molar-refractivity contribution in [3.05, 3.63) is 35.7 Å². The van der Waals surface area contributed by atoms with E-state index in [0.29, 0.717) is 47.0 Å². The highest BCUT2D eigenvalue weighted by Crippen LogP contribution is 2.47. The number of carbonyl (C=O) groups excluding carboxylic acids is 1. The number of allylic oxidation sites excluding steroid dienone is 1. The molecule has 0 saturated heterocycles. The van der Waals surface area contributed by atoms with E-state index >= 15 is 0 Å². The molecule has 0 bridgehead atoms. The minimum absolute atomic E-state index is 0.334. The molecule has 0 aliphatic rings. The number of H-pyrrole nitrogens is 1. The van der Waals surface area contributed by atoms with Crippen molar-refractivity contribution >= 4 is 11.5 Å². The molecule has 27 heavy (non-hydrogen) atoms. The zero-order valence-corrected chi connectivity index (χ0v) is 16.4. The Bertz CT molecular complexity index is 855. The lowest BCUT2D eigenvalue weighted by Crippen LogP contribution is -2.06. The maximum atomic E-state index is 12.3. The van der Waals surface area contributed by atoms with Gasteiger partial charge in [0, 0.05) is 28.8 Å². The van der Waals surface area contributed by atoms with Crippen LogP contribution >= 0.6 is 0 Å². The summed E-state index contributed by atoms with van der Waals surface area (Å²) in [6.45, 7) is 6.27. The third-order valence-corrected chi connectivity index (χ3v) is 4.26. The Hall–Kier alpha value is -2.93. The zero-order valence-electron chi connectivity index (χ0n) is 16.4. The predicted octanol–water partition coefficient (Wildman–Crippen LogP) is 3.03. The number of hydrogen-bond acceptors (Lipinski definition) is 6. The molecule has 0 fully saturated rings. The Morgan fingerprint density at radius 1 is 1.11 bits per heavy atom. The molecular weight excluding hydrogens is 348 g/mol. The number of nitrogens with one attached hydrogen (secondary N) is 1. The van der Waals surface area contributed by atoms with Gasteiger partial charge >= 0.3 is 5.97 Å². The van der Waals surface area contributed by atoms with E-state index in [1.165, 1.54) is 7.11 Å². The van der Waals surface area contributed by atoms with Crippen molar-refractivity contribution in [2.45, 2.75) is 13.3 Å². The van der Waals surface area contributed by atoms with E-state index < -0.39 is 5.97 Å². The van der Waals surface area contributed by atoms with Gasteiger partial charge in [-0.1, -0.05) is 6.58 Å². The molecular formula is C20H26N2O5. The van der Waals surface area contributed by atoms with Gasteiger partial charge < -0.3 is 29.7 Å². The van der Waals surface area contributed by atoms with Gasteiger partial charge in [-0.3, -0.25) is 0 Å². The fraction of sp³-hybridized carbons (Fsp3) is 0.350. The van der Waals surface area contributed by atoms with Gasteiger partial charge in [0.1, 0.15) is 5.69 Å². The molecule has 146 valence electrons. The van der Waals surface area contributed by atoms with Gasteiger partial charge in [-0.25, -0.2) is 4.79 Å². The molecule has 0 saturated carbocycles. The van der Waals surface area contributed by atoms with E-state index in [1.807, 2.05) is 13.0 Å². The summed E-state index contributed by atoms with van der Waals surface area (Å²) in [5, 5.41) is 0. The predicted molar refractivity (Wildman–Crippen MR) is 105 cm³/mol. The van der Waals surface area contributed by atoms with Crippen LogP contribution in [0, 0.1) is 0 Å². The van der Waals surface area contributed by atoms with Gasteiger partial charge in [0.15, 0.2) is 11.5 Å². The number of aromatic amines is 1. The normalized spacial score (nSPS) is 10.4. The maximum absolute atomic E-state index is 12.3. The van der Waals surface area contributed by atoms with Crippen molar-refractivity contribution in [1.29, 1.82) is 0 Å². The van der Waals surface area contributed by atoms with Gasteiger partial charge in [-0.2, -0.15) is 0 Å². The smallest absolute Gasteiger partial charge is 0.355 e. The average molecular weight is 374 g/mol. The summed E-state index contributed by atoms with van der Waals surface area (Å²) in [6.07, 6.45) is 0.532. The SMILES string of the molecule is C=C(C)c1c(C(=O)OC)[nH]c(CCN)c1-c1ccc(OC)c(OC)c1OC. The van der Waals surface area contributed by atoms with Crippen molar-refractivity contribution < 1.29 is 23.7 Å². The summed E-state index contributed by atoms with van der Waals surface area (Å²) >= 11 is 0. The van der Waals surface area contributed by atoms with Crippen molar-refractivity contribution in [2.75, 3.05) is 35.0 Å². The van der Waals surface area contributed by atoms with Gasteiger partial charge in [0.25, 0.3) is 0 Å². The van der Waals surface area contributed by atoms with Gasteiger partial charge in [-0.05, 0) is 31.2 Å². The molecule has 1 aromatic carbocycles.